The van der Waals surface area contributed by atoms with E-state index < -0.39 is 0 Å². The number of thiazole rings is 1. The molecule has 3 heterocycles. The highest BCUT2D eigenvalue weighted by Gasteiger charge is 2.30. The third-order valence-corrected chi connectivity index (χ3v) is 6.69. The first kappa shape index (κ1) is 21.1. The van der Waals surface area contributed by atoms with Crippen LogP contribution in [-0.4, -0.2) is 22.7 Å². The molecule has 1 aliphatic rings. The molecule has 4 aromatic rings. The summed E-state index contributed by atoms with van der Waals surface area (Å²) in [5.41, 5.74) is 2.95. The highest BCUT2D eigenvalue weighted by atomic mass is 32.1. The predicted molar refractivity (Wildman–Crippen MR) is 126 cm³/mol. The fourth-order valence-corrected chi connectivity index (χ4v) is 4.88. The normalized spacial score (nSPS) is 13.8. The molecular formula is C25H21N3O4S. The summed E-state index contributed by atoms with van der Waals surface area (Å²) in [6.07, 6.45) is 2.93. The van der Waals surface area contributed by atoms with Gasteiger partial charge >= 0.3 is 0 Å². The van der Waals surface area contributed by atoms with E-state index in [0.717, 1.165) is 16.6 Å². The molecule has 1 aliphatic heterocycles. The topological polar surface area (TPSA) is 83.7 Å². The predicted octanol–water partition coefficient (Wildman–Crippen LogP) is 4.95. The van der Waals surface area contributed by atoms with Crippen molar-refractivity contribution < 1.29 is 18.8 Å². The van der Waals surface area contributed by atoms with Crippen LogP contribution in [0.5, 0.6) is 0 Å². The highest BCUT2D eigenvalue weighted by Crippen LogP contribution is 2.32. The quantitative estimate of drug-likeness (QED) is 0.381. The smallest absolute Gasteiger partial charge is 0.260 e. The van der Waals surface area contributed by atoms with E-state index in [2.05, 4.69) is 13.0 Å². The summed E-state index contributed by atoms with van der Waals surface area (Å²) in [7, 11) is 0. The van der Waals surface area contributed by atoms with Crippen LogP contribution in [0.3, 0.4) is 0 Å². The van der Waals surface area contributed by atoms with Gasteiger partial charge in [0.2, 0.25) is 11.8 Å². The summed E-state index contributed by atoms with van der Waals surface area (Å²) < 4.78 is 6.51. The van der Waals surface area contributed by atoms with Crippen molar-refractivity contribution in [1.82, 2.24) is 4.98 Å². The third kappa shape index (κ3) is 4.05. The lowest BCUT2D eigenvalue weighted by molar-refractivity contribution is -0.121. The summed E-state index contributed by atoms with van der Waals surface area (Å²) in [4.78, 5) is 45.0. The minimum absolute atomic E-state index is 0.216. The van der Waals surface area contributed by atoms with Crippen LogP contribution < -0.4 is 9.80 Å². The van der Waals surface area contributed by atoms with Crippen molar-refractivity contribution in [2.24, 2.45) is 0 Å². The second kappa shape index (κ2) is 8.63. The van der Waals surface area contributed by atoms with E-state index in [9.17, 15) is 14.4 Å². The van der Waals surface area contributed by atoms with E-state index in [1.807, 2.05) is 18.2 Å². The number of benzene rings is 2. The molecule has 0 aliphatic carbocycles. The number of hydrogen-bond donors (Lipinski definition) is 0. The van der Waals surface area contributed by atoms with E-state index in [1.165, 1.54) is 21.8 Å². The van der Waals surface area contributed by atoms with Gasteiger partial charge in [-0.15, -0.1) is 0 Å². The van der Waals surface area contributed by atoms with Crippen LogP contribution in [0.4, 0.5) is 10.8 Å². The van der Waals surface area contributed by atoms with Crippen molar-refractivity contribution in [1.29, 1.82) is 0 Å². The molecule has 5 rings (SSSR count). The van der Waals surface area contributed by atoms with Gasteiger partial charge in [0.25, 0.3) is 5.91 Å². The molecule has 33 heavy (non-hydrogen) atoms. The lowest BCUT2D eigenvalue weighted by Crippen LogP contribution is -2.31. The number of hydrogen-bond acceptors (Lipinski definition) is 6. The summed E-state index contributed by atoms with van der Waals surface area (Å²) in [5.74, 6) is -0.0487. The second-order valence-corrected chi connectivity index (χ2v) is 8.80. The van der Waals surface area contributed by atoms with Gasteiger partial charge in [0.15, 0.2) is 5.13 Å². The number of furan rings is 1. The molecule has 0 saturated carbocycles. The SMILES string of the molecule is CCc1ccc2nc(N(Cc3ccco3)C(=O)c3ccc(N4C(=O)CCC4=O)cc3)sc2c1. The maximum atomic E-state index is 13.5. The van der Waals surface area contributed by atoms with Crippen molar-refractivity contribution in [2.75, 3.05) is 9.80 Å². The Morgan fingerprint density at radius 1 is 1.09 bits per heavy atom. The number of anilines is 2. The van der Waals surface area contributed by atoms with Crippen LogP contribution in [0, 0.1) is 0 Å². The molecule has 0 bridgehead atoms. The lowest BCUT2D eigenvalue weighted by atomic mass is 10.1. The van der Waals surface area contributed by atoms with Gasteiger partial charge < -0.3 is 4.42 Å². The van der Waals surface area contributed by atoms with Crippen molar-refractivity contribution in [3.63, 3.8) is 0 Å². The molecule has 0 radical (unpaired) electrons. The maximum absolute atomic E-state index is 13.5. The number of aromatic nitrogens is 1. The molecule has 1 saturated heterocycles. The Kier molecular flexibility index (Phi) is 5.51. The molecule has 0 unspecified atom stereocenters. The molecule has 0 N–H and O–H groups in total. The van der Waals surface area contributed by atoms with E-state index >= 15 is 0 Å². The molecule has 0 atom stereocenters. The number of nitrogens with zero attached hydrogens (tertiary/aromatic N) is 3. The van der Waals surface area contributed by atoms with Crippen LogP contribution in [0.2, 0.25) is 0 Å². The molecule has 8 heteroatoms. The molecule has 2 aromatic carbocycles. The first-order chi connectivity index (χ1) is 16.0. The van der Waals surface area contributed by atoms with Crippen LogP contribution in [0.1, 0.15) is 41.4 Å². The molecular weight excluding hydrogens is 438 g/mol. The van der Waals surface area contributed by atoms with E-state index in [-0.39, 0.29) is 37.1 Å². The van der Waals surface area contributed by atoms with Crippen molar-refractivity contribution in [3.05, 3.63) is 77.7 Å². The Morgan fingerprint density at radius 2 is 1.85 bits per heavy atom. The third-order valence-electron chi connectivity index (χ3n) is 5.64. The number of fused-ring (bicyclic) bond motifs is 1. The first-order valence-corrected chi connectivity index (χ1v) is 11.5. The summed E-state index contributed by atoms with van der Waals surface area (Å²) in [6.45, 7) is 2.33. The zero-order chi connectivity index (χ0) is 22.9. The standard InChI is InChI=1S/C25H21N3O4S/c1-2-16-5-10-20-21(14-16)33-25(26-20)27(15-19-4-3-13-32-19)24(31)17-6-8-18(9-7-17)28-22(29)11-12-23(28)30/h3-10,13-14H,2,11-12,15H2,1H3. The van der Waals surface area contributed by atoms with Crippen molar-refractivity contribution in [2.45, 2.75) is 32.7 Å². The zero-order valence-corrected chi connectivity index (χ0v) is 18.8. The van der Waals surface area contributed by atoms with Gasteiger partial charge in [-0.05, 0) is 60.5 Å². The molecule has 7 nitrogen and oxygen atoms in total. The van der Waals surface area contributed by atoms with Gasteiger partial charge in [-0.25, -0.2) is 4.98 Å². The van der Waals surface area contributed by atoms with Crippen LogP contribution in [0.25, 0.3) is 10.2 Å². The van der Waals surface area contributed by atoms with Gasteiger partial charge in [0, 0.05) is 18.4 Å². The van der Waals surface area contributed by atoms with Gasteiger partial charge in [-0.2, -0.15) is 0 Å². The van der Waals surface area contributed by atoms with Crippen molar-refractivity contribution in [3.8, 4) is 0 Å². The lowest BCUT2D eigenvalue weighted by Gasteiger charge is -2.19. The fraction of sp³-hybridized carbons (Fsp3) is 0.200. The Morgan fingerprint density at radius 3 is 2.52 bits per heavy atom. The Hall–Kier alpha value is -3.78. The highest BCUT2D eigenvalue weighted by molar-refractivity contribution is 7.22. The van der Waals surface area contributed by atoms with Crippen LogP contribution >= 0.6 is 11.3 Å². The minimum atomic E-state index is -0.244. The van der Waals surface area contributed by atoms with Gasteiger partial charge in [-0.3, -0.25) is 24.2 Å². The zero-order valence-electron chi connectivity index (χ0n) is 18.0. The van der Waals surface area contributed by atoms with E-state index in [0.29, 0.717) is 22.1 Å². The average molecular weight is 460 g/mol. The van der Waals surface area contributed by atoms with Crippen LogP contribution in [0.15, 0.2) is 65.3 Å². The summed E-state index contributed by atoms with van der Waals surface area (Å²) in [6, 6.07) is 16.2. The average Bonchev–Trinajstić information content (AvgIpc) is 3.57. The molecule has 0 spiro atoms. The van der Waals surface area contributed by atoms with Gasteiger partial charge in [0.1, 0.15) is 5.76 Å². The largest absolute Gasteiger partial charge is 0.467 e. The monoisotopic (exact) mass is 459 g/mol. The molecule has 2 aromatic heterocycles. The Labute approximate surface area is 194 Å². The molecule has 1 fully saturated rings. The number of amides is 3. The molecule has 3 amide bonds. The number of imide groups is 1. The Balaban J connectivity index is 1.48. The number of carbonyl (C=O) groups is 3. The number of carbonyl (C=O) groups excluding carboxylic acids is 3. The van der Waals surface area contributed by atoms with Gasteiger partial charge in [-0.1, -0.05) is 24.3 Å². The van der Waals surface area contributed by atoms with Crippen LogP contribution in [-0.2, 0) is 22.6 Å². The van der Waals surface area contributed by atoms with E-state index in [1.54, 1.807) is 41.5 Å². The minimum Gasteiger partial charge on any atom is -0.467 e. The Bertz CT molecular complexity index is 1330. The second-order valence-electron chi connectivity index (χ2n) is 7.79. The fourth-order valence-electron chi connectivity index (χ4n) is 3.85. The number of rotatable bonds is 6. The maximum Gasteiger partial charge on any atom is 0.260 e. The summed E-state index contributed by atoms with van der Waals surface area (Å²) in [5, 5.41) is 0.577. The van der Waals surface area contributed by atoms with Gasteiger partial charge in [0.05, 0.1) is 28.7 Å². The molecule has 166 valence electrons. The number of aryl methyl sites for hydroxylation is 1. The van der Waals surface area contributed by atoms with Crippen molar-refractivity contribution >= 4 is 50.1 Å². The summed E-state index contributed by atoms with van der Waals surface area (Å²) >= 11 is 1.46. The first-order valence-electron chi connectivity index (χ1n) is 10.7. The van der Waals surface area contributed by atoms with E-state index in [4.69, 9.17) is 9.40 Å².